The van der Waals surface area contributed by atoms with E-state index >= 15 is 0 Å². The molecular formula is C33H35ClF5N9O3. The van der Waals surface area contributed by atoms with Gasteiger partial charge in [0, 0.05) is 23.9 Å². The lowest BCUT2D eigenvalue weighted by Gasteiger charge is -2.32. The van der Waals surface area contributed by atoms with Gasteiger partial charge in [-0.3, -0.25) is 14.7 Å². The van der Waals surface area contributed by atoms with Crippen LogP contribution in [0.4, 0.5) is 26.7 Å². The molecule has 0 radical (unpaired) electrons. The Balaban J connectivity index is 1.54. The highest BCUT2D eigenvalue weighted by atomic mass is 35.5. The van der Waals surface area contributed by atoms with Crippen molar-refractivity contribution in [3.05, 3.63) is 83.7 Å². The summed E-state index contributed by atoms with van der Waals surface area (Å²) in [5, 5.41) is 9.91. The van der Waals surface area contributed by atoms with Crippen molar-refractivity contribution in [2.45, 2.75) is 64.3 Å². The minimum Gasteiger partial charge on any atom is -0.447 e. The summed E-state index contributed by atoms with van der Waals surface area (Å²) in [6, 6.07) is 9.30. The highest BCUT2D eigenvalue weighted by Gasteiger charge is 2.64. The average Bonchev–Trinajstić information content (AvgIpc) is 3.43. The number of aliphatic imine (C=N–C) groups is 1. The van der Waals surface area contributed by atoms with Crippen LogP contribution >= 0.6 is 11.6 Å². The minimum absolute atomic E-state index is 0.0860. The Kier molecular flexibility index (Phi) is 10.7. The summed E-state index contributed by atoms with van der Waals surface area (Å²) in [5.41, 5.74) is 5.59. The lowest BCUT2D eigenvalue weighted by atomic mass is 9.92. The highest BCUT2D eigenvalue weighted by Crippen LogP contribution is 2.49. The van der Waals surface area contributed by atoms with E-state index in [1.165, 1.54) is 53.9 Å². The molecule has 1 fully saturated rings. The predicted molar refractivity (Wildman–Crippen MR) is 177 cm³/mol. The van der Waals surface area contributed by atoms with Crippen LogP contribution in [0.1, 0.15) is 68.5 Å². The molecule has 0 aliphatic heterocycles. The SMILES string of the molecule is CC(C)(C)CCN=C(N)N(C(=O)c1ccc(-c2cnn(C(F)F)c2)cc1)[C@H](COC(=O)NC1(C(F)(F)F)CC1)c1ccc(Cl)c(-n2cncn2)c1. The van der Waals surface area contributed by atoms with Gasteiger partial charge in [0.2, 0.25) is 0 Å². The van der Waals surface area contributed by atoms with Crippen LogP contribution in [0.5, 0.6) is 0 Å². The molecule has 1 aliphatic rings. The third-order valence-electron chi connectivity index (χ3n) is 8.21. The molecule has 0 spiro atoms. The Hall–Kier alpha value is -5.06. The molecule has 0 saturated heterocycles. The van der Waals surface area contributed by atoms with Gasteiger partial charge in [0.15, 0.2) is 5.96 Å². The summed E-state index contributed by atoms with van der Waals surface area (Å²) < 4.78 is 74.3. The first-order chi connectivity index (χ1) is 24.0. The highest BCUT2D eigenvalue weighted by molar-refractivity contribution is 6.32. The third-order valence-corrected chi connectivity index (χ3v) is 8.53. The zero-order chi connectivity index (χ0) is 37.1. The maximum absolute atomic E-state index is 14.4. The van der Waals surface area contributed by atoms with E-state index in [-0.39, 0.29) is 41.3 Å². The fourth-order valence-electron chi connectivity index (χ4n) is 5.08. The molecule has 272 valence electrons. The number of nitrogens with two attached hydrogens (primary N) is 1. The molecular weight excluding hydrogens is 701 g/mol. The van der Waals surface area contributed by atoms with Crippen molar-refractivity contribution in [2.24, 2.45) is 16.1 Å². The van der Waals surface area contributed by atoms with Gasteiger partial charge in [-0.2, -0.15) is 32.1 Å². The average molecular weight is 736 g/mol. The van der Waals surface area contributed by atoms with Gasteiger partial charge in [0.1, 0.15) is 24.8 Å². The fraction of sp³-hybridized carbons (Fsp3) is 0.394. The molecule has 1 aliphatic carbocycles. The quantitative estimate of drug-likeness (QED) is 0.0965. The number of carbonyl (C=O) groups excluding carboxylic acids is 2. The standard InChI is InChI=1S/C33H35ClF5N9O3/c1-31(2,3)12-13-42-29(40)48(27(49)21-6-4-20(5-7-21)23-15-43-46(16-23)28(35)36)26(17-51-30(50)45-32(10-11-32)33(37,38)39)22-8-9-24(34)25(14-22)47-19-41-18-44-47/h4-9,14-16,18-19,26,28H,10-13,17H2,1-3H3,(H2,40,42)(H,45,50)/t26-/m1/s1. The van der Waals surface area contributed by atoms with Crippen LogP contribution in [0.15, 0.2) is 72.5 Å². The van der Waals surface area contributed by atoms with E-state index < -0.39 is 42.9 Å². The molecule has 0 bridgehead atoms. The molecule has 3 N–H and O–H groups in total. The first-order valence-electron chi connectivity index (χ1n) is 15.7. The minimum atomic E-state index is -4.69. The van der Waals surface area contributed by atoms with E-state index in [9.17, 15) is 31.5 Å². The van der Waals surface area contributed by atoms with Crippen LogP contribution < -0.4 is 11.1 Å². The number of carbonyl (C=O) groups is 2. The second kappa shape index (κ2) is 14.7. The second-order valence-electron chi connectivity index (χ2n) is 13.2. The first kappa shape index (κ1) is 37.2. The molecule has 2 heterocycles. The van der Waals surface area contributed by atoms with Crippen LogP contribution in [0.2, 0.25) is 5.02 Å². The Morgan fingerprint density at radius 3 is 2.37 bits per heavy atom. The largest absolute Gasteiger partial charge is 0.447 e. The predicted octanol–water partition coefficient (Wildman–Crippen LogP) is 6.93. The summed E-state index contributed by atoms with van der Waals surface area (Å²) in [5.74, 6) is -0.964. The molecule has 1 atom stereocenters. The first-order valence-corrected chi connectivity index (χ1v) is 16.1. The lowest BCUT2D eigenvalue weighted by molar-refractivity contribution is -0.164. The van der Waals surface area contributed by atoms with Gasteiger partial charge in [0.25, 0.3) is 5.91 Å². The van der Waals surface area contributed by atoms with Gasteiger partial charge in [-0.15, -0.1) is 0 Å². The van der Waals surface area contributed by atoms with E-state index in [4.69, 9.17) is 22.1 Å². The van der Waals surface area contributed by atoms with Crippen LogP contribution in [0.3, 0.4) is 0 Å². The second-order valence-corrected chi connectivity index (χ2v) is 13.6. The van der Waals surface area contributed by atoms with Gasteiger partial charge >= 0.3 is 18.8 Å². The molecule has 18 heteroatoms. The molecule has 4 aromatic rings. The number of rotatable bonds is 11. The summed E-state index contributed by atoms with van der Waals surface area (Å²) in [4.78, 5) is 36.7. The molecule has 1 saturated carbocycles. The number of nitrogens with zero attached hydrogens (tertiary/aromatic N) is 7. The normalized spacial score (nSPS) is 15.1. The van der Waals surface area contributed by atoms with E-state index in [0.29, 0.717) is 33.5 Å². The summed E-state index contributed by atoms with van der Waals surface area (Å²) >= 11 is 6.47. The molecule has 12 nitrogen and oxygen atoms in total. The smallest absolute Gasteiger partial charge is 0.411 e. The number of ether oxygens (including phenoxy) is 1. The van der Waals surface area contributed by atoms with Crippen molar-refractivity contribution in [2.75, 3.05) is 13.2 Å². The maximum Gasteiger partial charge on any atom is 0.411 e. The van der Waals surface area contributed by atoms with E-state index in [1.54, 1.807) is 12.1 Å². The molecule has 2 aromatic carbocycles. The monoisotopic (exact) mass is 735 g/mol. The molecule has 5 rings (SSSR count). The number of benzene rings is 2. The van der Waals surface area contributed by atoms with Gasteiger partial charge in [-0.05, 0) is 60.1 Å². The number of amides is 2. The van der Waals surface area contributed by atoms with Crippen molar-refractivity contribution in [1.29, 1.82) is 0 Å². The Labute approximate surface area is 294 Å². The topological polar surface area (TPSA) is 146 Å². The zero-order valence-corrected chi connectivity index (χ0v) is 28.5. The number of alkyl carbamates (subject to hydrolysis) is 1. The number of guanidine groups is 1. The summed E-state index contributed by atoms with van der Waals surface area (Å²) in [6.45, 7) is 2.71. The number of nitrogens with one attached hydrogen (secondary N) is 1. The zero-order valence-electron chi connectivity index (χ0n) is 27.7. The van der Waals surface area contributed by atoms with E-state index in [1.807, 2.05) is 26.1 Å². The van der Waals surface area contributed by atoms with Crippen LogP contribution in [-0.2, 0) is 4.74 Å². The third kappa shape index (κ3) is 8.82. The lowest BCUT2D eigenvalue weighted by Crippen LogP contribution is -2.49. The molecule has 51 heavy (non-hydrogen) atoms. The van der Waals surface area contributed by atoms with E-state index in [2.05, 4.69) is 20.2 Å². The summed E-state index contributed by atoms with van der Waals surface area (Å²) in [6.07, 6.45) is -0.982. The number of halogens is 6. The van der Waals surface area contributed by atoms with Gasteiger partial charge in [-0.1, -0.05) is 50.6 Å². The molecule has 0 unspecified atom stereocenters. The summed E-state index contributed by atoms with van der Waals surface area (Å²) in [7, 11) is 0. The van der Waals surface area contributed by atoms with Crippen molar-refractivity contribution in [3.8, 4) is 16.8 Å². The van der Waals surface area contributed by atoms with Gasteiger partial charge < -0.3 is 15.8 Å². The van der Waals surface area contributed by atoms with Crippen LogP contribution in [0.25, 0.3) is 16.8 Å². The maximum atomic E-state index is 14.4. The fourth-order valence-corrected chi connectivity index (χ4v) is 5.29. The Morgan fingerprint density at radius 1 is 1.10 bits per heavy atom. The van der Waals surface area contributed by atoms with Crippen molar-refractivity contribution in [3.63, 3.8) is 0 Å². The van der Waals surface area contributed by atoms with E-state index in [0.717, 1.165) is 11.1 Å². The number of hydrogen-bond donors (Lipinski definition) is 2. The molecule has 2 aromatic heterocycles. The van der Waals surface area contributed by atoms with Crippen LogP contribution in [-0.4, -0.2) is 72.3 Å². The number of hydrogen-bond acceptors (Lipinski definition) is 7. The van der Waals surface area contributed by atoms with Crippen molar-refractivity contribution < 1.29 is 36.3 Å². The van der Waals surface area contributed by atoms with Crippen molar-refractivity contribution in [1.82, 2.24) is 34.8 Å². The number of aromatic nitrogens is 5. The Bertz CT molecular complexity index is 1870. The van der Waals surface area contributed by atoms with Gasteiger partial charge in [-0.25, -0.2) is 19.1 Å². The Morgan fingerprint density at radius 2 is 1.80 bits per heavy atom. The van der Waals surface area contributed by atoms with Crippen LogP contribution in [0, 0.1) is 5.41 Å². The molecule has 2 amide bonds. The van der Waals surface area contributed by atoms with Gasteiger partial charge in [0.05, 0.1) is 22.9 Å². The number of alkyl halides is 5. The van der Waals surface area contributed by atoms with Crippen molar-refractivity contribution >= 4 is 29.6 Å².